The summed E-state index contributed by atoms with van der Waals surface area (Å²) >= 11 is 6.17. The van der Waals surface area contributed by atoms with Crippen LogP contribution in [-0.4, -0.2) is 19.2 Å². The predicted octanol–water partition coefficient (Wildman–Crippen LogP) is 3.64. The zero-order valence-electron chi connectivity index (χ0n) is 10.8. The van der Waals surface area contributed by atoms with E-state index in [9.17, 15) is 0 Å². The molecule has 2 atom stereocenters. The summed E-state index contributed by atoms with van der Waals surface area (Å²) in [6, 6.07) is 8.41. The first-order valence-electron chi connectivity index (χ1n) is 6.85. The number of nitrogens with one attached hydrogen (secondary N) is 1. The molecular formula is C15H20ClNO. The van der Waals surface area contributed by atoms with Crippen LogP contribution in [0.15, 0.2) is 24.3 Å². The molecule has 1 spiro atoms. The van der Waals surface area contributed by atoms with Crippen molar-refractivity contribution in [3.8, 4) is 5.75 Å². The maximum absolute atomic E-state index is 6.18. The lowest BCUT2D eigenvalue weighted by atomic mass is 9.60. The van der Waals surface area contributed by atoms with Crippen LogP contribution in [0.25, 0.3) is 0 Å². The first-order chi connectivity index (χ1) is 8.76. The van der Waals surface area contributed by atoms with Crippen molar-refractivity contribution in [2.24, 2.45) is 5.41 Å². The van der Waals surface area contributed by atoms with Gasteiger partial charge in [0.15, 0.2) is 0 Å². The van der Waals surface area contributed by atoms with E-state index in [2.05, 4.69) is 12.4 Å². The molecule has 2 nitrogen and oxygen atoms in total. The van der Waals surface area contributed by atoms with Crippen molar-refractivity contribution in [1.82, 2.24) is 5.32 Å². The summed E-state index contributed by atoms with van der Waals surface area (Å²) < 4.78 is 6.18. The highest BCUT2D eigenvalue weighted by Crippen LogP contribution is 2.54. The van der Waals surface area contributed by atoms with Crippen molar-refractivity contribution in [3.05, 3.63) is 29.3 Å². The molecule has 0 amide bonds. The second-order valence-electron chi connectivity index (χ2n) is 5.55. The summed E-state index contributed by atoms with van der Waals surface area (Å²) in [6.07, 6.45) is 6.67. The number of hydrogen-bond acceptors (Lipinski definition) is 2. The highest BCUT2D eigenvalue weighted by Gasteiger charge is 2.57. The summed E-state index contributed by atoms with van der Waals surface area (Å²) in [4.78, 5) is 0. The Bertz CT molecular complexity index is 428. The molecule has 0 aliphatic heterocycles. The zero-order chi connectivity index (χ0) is 12.6. The van der Waals surface area contributed by atoms with Gasteiger partial charge in [0.1, 0.15) is 11.9 Å². The molecule has 0 saturated heterocycles. The van der Waals surface area contributed by atoms with E-state index in [1.165, 1.54) is 25.7 Å². The van der Waals surface area contributed by atoms with Gasteiger partial charge in [-0.3, -0.25) is 0 Å². The number of rotatable bonds is 3. The lowest BCUT2D eigenvalue weighted by molar-refractivity contribution is -0.0735. The first-order valence-corrected chi connectivity index (χ1v) is 7.22. The van der Waals surface area contributed by atoms with Crippen LogP contribution in [-0.2, 0) is 0 Å². The van der Waals surface area contributed by atoms with Gasteiger partial charge in [-0.25, -0.2) is 0 Å². The molecule has 2 unspecified atom stereocenters. The molecule has 2 fully saturated rings. The van der Waals surface area contributed by atoms with E-state index >= 15 is 0 Å². The van der Waals surface area contributed by atoms with Gasteiger partial charge in [-0.05, 0) is 32.0 Å². The second-order valence-corrected chi connectivity index (χ2v) is 5.96. The molecule has 18 heavy (non-hydrogen) atoms. The molecule has 2 aliphatic carbocycles. The van der Waals surface area contributed by atoms with Crippen molar-refractivity contribution >= 4 is 11.6 Å². The number of hydrogen-bond donors (Lipinski definition) is 1. The minimum Gasteiger partial charge on any atom is -0.488 e. The van der Waals surface area contributed by atoms with Gasteiger partial charge in [-0.2, -0.15) is 0 Å². The lowest BCUT2D eigenvalue weighted by Crippen LogP contribution is -2.63. The Morgan fingerprint density at radius 3 is 2.67 bits per heavy atom. The summed E-state index contributed by atoms with van der Waals surface area (Å²) in [5.41, 5.74) is 0.355. The average molecular weight is 266 g/mol. The maximum Gasteiger partial charge on any atom is 0.138 e. The summed E-state index contributed by atoms with van der Waals surface area (Å²) in [7, 11) is 2.07. The van der Waals surface area contributed by atoms with Gasteiger partial charge >= 0.3 is 0 Å². The Labute approximate surface area is 114 Å². The summed E-state index contributed by atoms with van der Waals surface area (Å²) in [5.74, 6) is 0.838. The number of halogens is 1. The van der Waals surface area contributed by atoms with Crippen molar-refractivity contribution in [1.29, 1.82) is 0 Å². The van der Waals surface area contributed by atoms with Crippen LogP contribution in [0.5, 0.6) is 5.75 Å². The van der Waals surface area contributed by atoms with Crippen molar-refractivity contribution < 1.29 is 4.74 Å². The Kier molecular flexibility index (Phi) is 3.25. The minimum absolute atomic E-state index is 0.331. The van der Waals surface area contributed by atoms with Crippen LogP contribution in [0.1, 0.15) is 32.1 Å². The van der Waals surface area contributed by atoms with Gasteiger partial charge in [-0.1, -0.05) is 36.6 Å². The third-order valence-corrected chi connectivity index (χ3v) is 5.09. The van der Waals surface area contributed by atoms with Crippen molar-refractivity contribution in [3.63, 3.8) is 0 Å². The molecule has 1 aromatic carbocycles. The number of benzene rings is 1. The van der Waals surface area contributed by atoms with Gasteiger partial charge in [0.05, 0.1) is 5.02 Å². The Morgan fingerprint density at radius 1 is 1.28 bits per heavy atom. The van der Waals surface area contributed by atoms with Gasteiger partial charge in [0, 0.05) is 17.9 Å². The van der Waals surface area contributed by atoms with E-state index in [1.807, 2.05) is 24.3 Å². The van der Waals surface area contributed by atoms with Crippen LogP contribution in [0.2, 0.25) is 5.02 Å². The van der Waals surface area contributed by atoms with Crippen LogP contribution in [0.4, 0.5) is 0 Å². The fourth-order valence-corrected chi connectivity index (χ4v) is 3.90. The second kappa shape index (κ2) is 4.75. The molecule has 2 saturated carbocycles. The van der Waals surface area contributed by atoms with Crippen molar-refractivity contribution in [2.75, 3.05) is 7.05 Å². The van der Waals surface area contributed by atoms with Crippen LogP contribution in [0.3, 0.4) is 0 Å². The topological polar surface area (TPSA) is 21.3 Å². The van der Waals surface area contributed by atoms with E-state index in [-0.39, 0.29) is 0 Å². The molecule has 98 valence electrons. The third-order valence-electron chi connectivity index (χ3n) is 4.77. The third kappa shape index (κ3) is 1.83. The Morgan fingerprint density at radius 2 is 2.00 bits per heavy atom. The summed E-state index contributed by atoms with van der Waals surface area (Å²) in [5, 5.41) is 4.17. The molecule has 1 N–H and O–H groups in total. The molecule has 0 bridgehead atoms. The van der Waals surface area contributed by atoms with E-state index in [1.54, 1.807) is 0 Å². The normalized spacial score (nSPS) is 29.2. The Balaban J connectivity index is 1.76. The molecule has 3 rings (SSSR count). The monoisotopic (exact) mass is 265 g/mol. The molecule has 1 aromatic rings. The number of ether oxygens (including phenoxy) is 1. The maximum atomic E-state index is 6.18. The smallest absolute Gasteiger partial charge is 0.138 e. The fraction of sp³-hybridized carbons (Fsp3) is 0.600. The van der Waals surface area contributed by atoms with Crippen molar-refractivity contribution in [2.45, 2.75) is 44.2 Å². The predicted molar refractivity (Wildman–Crippen MR) is 74.2 cm³/mol. The van der Waals surface area contributed by atoms with E-state index in [4.69, 9.17) is 16.3 Å². The van der Waals surface area contributed by atoms with Crippen LogP contribution in [0, 0.1) is 5.41 Å². The van der Waals surface area contributed by atoms with Gasteiger partial charge in [-0.15, -0.1) is 0 Å². The highest BCUT2D eigenvalue weighted by molar-refractivity contribution is 6.32. The largest absolute Gasteiger partial charge is 0.488 e. The van der Waals surface area contributed by atoms with Gasteiger partial charge in [0.2, 0.25) is 0 Å². The van der Waals surface area contributed by atoms with E-state index in [0.29, 0.717) is 17.6 Å². The van der Waals surface area contributed by atoms with Gasteiger partial charge < -0.3 is 10.1 Å². The summed E-state index contributed by atoms with van der Waals surface area (Å²) in [6.45, 7) is 0. The fourth-order valence-electron chi connectivity index (χ4n) is 3.72. The standard InChI is InChI=1S/C15H20ClNO/c1-17-13-10-14(15(13)8-4-5-9-15)18-12-7-3-2-6-11(12)16/h2-3,6-7,13-14,17H,4-5,8-10H2,1H3. The van der Waals surface area contributed by atoms with E-state index in [0.717, 1.165) is 17.2 Å². The van der Waals surface area contributed by atoms with E-state index < -0.39 is 0 Å². The molecule has 3 heteroatoms. The molecule has 2 aliphatic rings. The molecule has 0 heterocycles. The highest BCUT2D eigenvalue weighted by atomic mass is 35.5. The molecular weight excluding hydrogens is 246 g/mol. The molecule has 0 radical (unpaired) electrons. The first kappa shape index (κ1) is 12.3. The molecule has 0 aromatic heterocycles. The van der Waals surface area contributed by atoms with Crippen LogP contribution >= 0.6 is 11.6 Å². The minimum atomic E-state index is 0.331. The quantitative estimate of drug-likeness (QED) is 0.901. The number of para-hydroxylation sites is 1. The van der Waals surface area contributed by atoms with Crippen LogP contribution < -0.4 is 10.1 Å². The van der Waals surface area contributed by atoms with Gasteiger partial charge in [0.25, 0.3) is 0 Å². The Hall–Kier alpha value is -0.730. The average Bonchev–Trinajstić information content (AvgIpc) is 2.88. The zero-order valence-corrected chi connectivity index (χ0v) is 11.5. The lowest BCUT2D eigenvalue weighted by Gasteiger charge is -2.53. The SMILES string of the molecule is CNC1CC(Oc2ccccc2Cl)C12CCCC2.